The van der Waals surface area contributed by atoms with Crippen molar-refractivity contribution in [2.75, 3.05) is 6.61 Å². The highest BCUT2D eigenvalue weighted by Crippen LogP contribution is 2.06. The highest BCUT2D eigenvalue weighted by atomic mass is 16.5. The molecule has 0 spiro atoms. The topological polar surface area (TPSA) is 104 Å². The lowest BCUT2D eigenvalue weighted by molar-refractivity contribution is -0.146. The summed E-state index contributed by atoms with van der Waals surface area (Å²) in [4.78, 5) is 21.5. The van der Waals surface area contributed by atoms with Crippen molar-refractivity contribution in [3.63, 3.8) is 0 Å². The molecule has 0 amide bonds. The van der Waals surface area contributed by atoms with Crippen molar-refractivity contribution < 1.29 is 29.6 Å². The molecular weight excluding hydrogens is 240 g/mol. The van der Waals surface area contributed by atoms with Gasteiger partial charge in [0.1, 0.15) is 0 Å². The zero-order chi connectivity index (χ0) is 14.0. The Hall–Kier alpha value is -1.14. The van der Waals surface area contributed by atoms with Crippen molar-refractivity contribution in [1.29, 1.82) is 0 Å². The van der Waals surface area contributed by atoms with Crippen LogP contribution in [0.5, 0.6) is 0 Å². The minimum Gasteiger partial charge on any atom is -0.481 e. The molecule has 6 heteroatoms. The Bertz CT molecular complexity index is 253. The number of hydrogen-bond donors (Lipinski definition) is 3. The quantitative estimate of drug-likeness (QED) is 0.500. The number of hydrogen-bond acceptors (Lipinski definition) is 5. The monoisotopic (exact) mass is 262 g/mol. The Kier molecular flexibility index (Phi) is 9.22. The van der Waals surface area contributed by atoms with Crippen LogP contribution >= 0.6 is 0 Å². The lowest BCUT2D eigenvalue weighted by Crippen LogP contribution is -2.19. The van der Waals surface area contributed by atoms with Gasteiger partial charge in [-0.3, -0.25) is 9.59 Å². The van der Waals surface area contributed by atoms with Crippen LogP contribution in [0.4, 0.5) is 0 Å². The summed E-state index contributed by atoms with van der Waals surface area (Å²) in [5.74, 6) is -1.62. The fourth-order valence-corrected chi connectivity index (χ4v) is 1.41. The van der Waals surface area contributed by atoms with Crippen LogP contribution in [0.3, 0.4) is 0 Å². The number of carboxylic acid groups (broad SMARTS) is 1. The second-order valence-corrected chi connectivity index (χ2v) is 4.26. The Balaban J connectivity index is 3.61. The number of aliphatic carboxylic acids is 1. The molecule has 3 N–H and O–H groups in total. The van der Waals surface area contributed by atoms with Crippen LogP contribution in [-0.2, 0) is 14.3 Å². The van der Waals surface area contributed by atoms with Gasteiger partial charge in [0.25, 0.3) is 0 Å². The molecule has 6 nitrogen and oxygen atoms in total. The van der Waals surface area contributed by atoms with E-state index in [0.29, 0.717) is 6.42 Å². The number of rotatable bonds is 10. The van der Waals surface area contributed by atoms with Crippen LogP contribution < -0.4 is 0 Å². The summed E-state index contributed by atoms with van der Waals surface area (Å²) in [6.45, 7) is 1.96. The molecule has 0 aromatic rings. The molecule has 0 heterocycles. The molecule has 0 aromatic heterocycles. The maximum absolute atomic E-state index is 11.2. The summed E-state index contributed by atoms with van der Waals surface area (Å²) in [5.41, 5.74) is 0. The summed E-state index contributed by atoms with van der Waals surface area (Å²) in [6.07, 6.45) is 0.322. The molecule has 0 bridgehead atoms. The lowest BCUT2D eigenvalue weighted by Gasteiger charge is -2.11. The van der Waals surface area contributed by atoms with Gasteiger partial charge in [0, 0.05) is 6.42 Å². The Labute approximate surface area is 107 Å². The molecule has 2 unspecified atom stereocenters. The van der Waals surface area contributed by atoms with E-state index in [-0.39, 0.29) is 25.9 Å². The average molecular weight is 262 g/mol. The van der Waals surface area contributed by atoms with Gasteiger partial charge in [-0.05, 0) is 6.42 Å². The molecule has 0 aromatic carbocycles. The summed E-state index contributed by atoms with van der Waals surface area (Å²) in [5, 5.41) is 27.1. The van der Waals surface area contributed by atoms with Crippen LogP contribution in [-0.4, -0.2) is 46.1 Å². The van der Waals surface area contributed by atoms with Gasteiger partial charge in [-0.25, -0.2) is 0 Å². The Morgan fingerprint density at radius 1 is 1.11 bits per heavy atom. The average Bonchev–Trinajstić information content (AvgIpc) is 2.25. The van der Waals surface area contributed by atoms with Crippen molar-refractivity contribution in [3.8, 4) is 0 Å². The van der Waals surface area contributed by atoms with Crippen molar-refractivity contribution in [2.45, 2.75) is 57.7 Å². The Morgan fingerprint density at radius 2 is 1.72 bits per heavy atom. The fraction of sp³-hybridized carbons (Fsp3) is 0.833. The highest BCUT2D eigenvalue weighted by molar-refractivity contribution is 5.70. The molecule has 0 fully saturated rings. The summed E-state index contributed by atoms with van der Waals surface area (Å²) in [7, 11) is 0. The number of esters is 1. The molecular formula is C12H22O6. The molecule has 0 rings (SSSR count). The van der Waals surface area contributed by atoms with Crippen LogP contribution in [0.1, 0.15) is 45.4 Å². The summed E-state index contributed by atoms with van der Waals surface area (Å²) < 4.78 is 4.79. The first-order chi connectivity index (χ1) is 8.45. The zero-order valence-electron chi connectivity index (χ0n) is 10.7. The van der Waals surface area contributed by atoms with Gasteiger partial charge in [0.05, 0.1) is 31.7 Å². The smallest absolute Gasteiger partial charge is 0.308 e. The van der Waals surface area contributed by atoms with Gasteiger partial charge in [-0.2, -0.15) is 0 Å². The van der Waals surface area contributed by atoms with E-state index >= 15 is 0 Å². The molecule has 0 aliphatic carbocycles. The van der Waals surface area contributed by atoms with Crippen molar-refractivity contribution in [3.05, 3.63) is 0 Å². The number of carboxylic acids is 1. The third-order valence-electron chi connectivity index (χ3n) is 2.42. The molecule has 106 valence electrons. The molecule has 2 atom stereocenters. The van der Waals surface area contributed by atoms with Crippen molar-refractivity contribution in [2.24, 2.45) is 0 Å². The third-order valence-corrected chi connectivity index (χ3v) is 2.42. The molecule has 0 saturated heterocycles. The third kappa shape index (κ3) is 10.0. The van der Waals surface area contributed by atoms with Gasteiger partial charge < -0.3 is 20.1 Å². The number of aliphatic hydroxyl groups is 2. The molecule has 0 saturated carbocycles. The second-order valence-electron chi connectivity index (χ2n) is 4.26. The minimum absolute atomic E-state index is 0.0340. The number of aliphatic hydroxyl groups excluding tert-OH is 2. The molecule has 0 aliphatic rings. The minimum atomic E-state index is -1.09. The summed E-state index contributed by atoms with van der Waals surface area (Å²) in [6, 6.07) is 0. The van der Waals surface area contributed by atoms with E-state index in [4.69, 9.17) is 9.84 Å². The predicted octanol–water partition coefficient (Wildman–Crippen LogP) is 0.696. The van der Waals surface area contributed by atoms with Crippen LogP contribution in [0.15, 0.2) is 0 Å². The van der Waals surface area contributed by atoms with Crippen LogP contribution in [0, 0.1) is 0 Å². The van der Waals surface area contributed by atoms with E-state index in [2.05, 4.69) is 0 Å². The maximum Gasteiger partial charge on any atom is 0.308 e. The fourth-order valence-electron chi connectivity index (χ4n) is 1.41. The van der Waals surface area contributed by atoms with Crippen molar-refractivity contribution in [1.82, 2.24) is 0 Å². The first kappa shape index (κ1) is 16.9. The lowest BCUT2D eigenvalue weighted by atomic mass is 10.1. The number of ether oxygens (including phenoxy) is 1. The normalized spacial score (nSPS) is 13.9. The number of carbonyl (C=O) groups is 2. The SMILES string of the molecule is CCCCC(O)CC(=O)OCCC(O)CC(=O)O. The first-order valence-corrected chi connectivity index (χ1v) is 6.19. The predicted molar refractivity (Wildman–Crippen MR) is 64.0 cm³/mol. The molecule has 18 heavy (non-hydrogen) atoms. The maximum atomic E-state index is 11.2. The van der Waals surface area contributed by atoms with E-state index in [1.807, 2.05) is 6.92 Å². The van der Waals surface area contributed by atoms with Crippen molar-refractivity contribution >= 4 is 11.9 Å². The number of carbonyl (C=O) groups excluding carboxylic acids is 1. The second kappa shape index (κ2) is 9.85. The largest absolute Gasteiger partial charge is 0.481 e. The van der Waals surface area contributed by atoms with Gasteiger partial charge in [0.2, 0.25) is 0 Å². The highest BCUT2D eigenvalue weighted by Gasteiger charge is 2.13. The summed E-state index contributed by atoms with van der Waals surface area (Å²) >= 11 is 0. The number of unbranched alkanes of at least 4 members (excludes halogenated alkanes) is 1. The van der Waals surface area contributed by atoms with E-state index < -0.39 is 24.1 Å². The van der Waals surface area contributed by atoms with Crippen LogP contribution in [0.2, 0.25) is 0 Å². The van der Waals surface area contributed by atoms with E-state index in [1.54, 1.807) is 0 Å². The molecule has 0 aliphatic heterocycles. The van der Waals surface area contributed by atoms with Crippen LogP contribution in [0.25, 0.3) is 0 Å². The van der Waals surface area contributed by atoms with E-state index in [0.717, 1.165) is 12.8 Å². The van der Waals surface area contributed by atoms with Gasteiger partial charge in [-0.1, -0.05) is 19.8 Å². The first-order valence-electron chi connectivity index (χ1n) is 6.19. The van der Waals surface area contributed by atoms with Gasteiger partial charge in [0.15, 0.2) is 0 Å². The van der Waals surface area contributed by atoms with Gasteiger partial charge >= 0.3 is 11.9 Å². The standard InChI is InChI=1S/C12H22O6/c1-2-3-4-9(13)8-12(17)18-6-5-10(14)7-11(15)16/h9-10,13-14H,2-8H2,1H3,(H,15,16). The van der Waals surface area contributed by atoms with Gasteiger partial charge in [-0.15, -0.1) is 0 Å². The Morgan fingerprint density at radius 3 is 2.28 bits per heavy atom. The van der Waals surface area contributed by atoms with E-state index in [9.17, 15) is 19.8 Å². The molecule has 0 radical (unpaired) electrons. The zero-order valence-corrected chi connectivity index (χ0v) is 10.7. The van der Waals surface area contributed by atoms with E-state index in [1.165, 1.54) is 0 Å².